The molecule has 0 radical (unpaired) electrons. The lowest BCUT2D eigenvalue weighted by Crippen LogP contribution is -2.06. The Balaban J connectivity index is 2.23. The minimum Gasteiger partial charge on any atom is -0.478 e. The first-order valence-corrected chi connectivity index (χ1v) is 6.87. The van der Waals surface area contributed by atoms with E-state index in [1.807, 2.05) is 37.3 Å². The largest absolute Gasteiger partial charge is 0.478 e. The quantitative estimate of drug-likeness (QED) is 0.660. The first-order chi connectivity index (χ1) is 9.09. The van der Waals surface area contributed by atoms with E-state index in [0.717, 1.165) is 10.5 Å². The van der Waals surface area contributed by atoms with Crippen molar-refractivity contribution >= 4 is 23.4 Å². The molecule has 0 saturated heterocycles. The number of rotatable bonds is 4. The first kappa shape index (κ1) is 13.5. The summed E-state index contributed by atoms with van der Waals surface area (Å²) in [6.45, 7) is 2.04. The monoisotopic (exact) mass is 273 g/mol. The maximum absolute atomic E-state index is 11.2. The van der Waals surface area contributed by atoms with Crippen molar-refractivity contribution in [1.82, 2.24) is 0 Å². The molecule has 3 nitrogen and oxygen atoms in total. The van der Waals surface area contributed by atoms with E-state index in [1.54, 1.807) is 23.9 Å². The van der Waals surface area contributed by atoms with Crippen molar-refractivity contribution in [3.8, 4) is 0 Å². The average Bonchev–Trinajstić information content (AvgIpc) is 2.37. The highest BCUT2D eigenvalue weighted by atomic mass is 32.2. The van der Waals surface area contributed by atoms with Gasteiger partial charge < -0.3 is 10.8 Å². The molecule has 0 aliphatic heterocycles. The molecule has 2 rings (SSSR count). The molecule has 98 valence electrons. The predicted molar refractivity (Wildman–Crippen MR) is 78.6 cm³/mol. The number of nitrogens with two attached hydrogens (primary N) is 1. The molecule has 0 unspecified atom stereocenters. The van der Waals surface area contributed by atoms with Gasteiger partial charge in [0, 0.05) is 16.3 Å². The Bertz CT molecular complexity index is 611. The van der Waals surface area contributed by atoms with Crippen molar-refractivity contribution < 1.29 is 9.90 Å². The molecule has 0 heterocycles. The zero-order valence-corrected chi connectivity index (χ0v) is 11.4. The molecule has 0 atom stereocenters. The summed E-state index contributed by atoms with van der Waals surface area (Å²) in [6.07, 6.45) is 0. The van der Waals surface area contributed by atoms with Gasteiger partial charge in [-0.3, -0.25) is 0 Å². The maximum Gasteiger partial charge on any atom is 0.338 e. The van der Waals surface area contributed by atoms with Gasteiger partial charge in [0.05, 0.1) is 5.56 Å². The Morgan fingerprint density at radius 3 is 2.63 bits per heavy atom. The number of carboxylic acids is 1. The number of hydrogen-bond donors (Lipinski definition) is 2. The average molecular weight is 273 g/mol. The van der Waals surface area contributed by atoms with E-state index < -0.39 is 5.97 Å². The van der Waals surface area contributed by atoms with Crippen LogP contribution in [0.1, 0.15) is 21.5 Å². The topological polar surface area (TPSA) is 63.3 Å². The van der Waals surface area contributed by atoms with Crippen LogP contribution in [0, 0.1) is 6.92 Å². The number of aryl methyl sites for hydroxylation is 1. The summed E-state index contributed by atoms with van der Waals surface area (Å²) >= 11 is 1.62. The van der Waals surface area contributed by atoms with Crippen molar-refractivity contribution in [1.29, 1.82) is 0 Å². The number of hydrogen-bond acceptors (Lipinski definition) is 3. The van der Waals surface area contributed by atoms with E-state index >= 15 is 0 Å². The minimum atomic E-state index is -0.974. The number of anilines is 1. The smallest absolute Gasteiger partial charge is 0.338 e. The van der Waals surface area contributed by atoms with E-state index in [-0.39, 0.29) is 5.56 Å². The lowest BCUT2D eigenvalue weighted by Gasteiger charge is -2.09. The second kappa shape index (κ2) is 5.80. The number of benzene rings is 2. The van der Waals surface area contributed by atoms with Gasteiger partial charge in [-0.1, -0.05) is 30.3 Å². The van der Waals surface area contributed by atoms with E-state index in [9.17, 15) is 9.90 Å². The Hall–Kier alpha value is -1.94. The van der Waals surface area contributed by atoms with Crippen LogP contribution in [0.5, 0.6) is 0 Å². The fourth-order valence-electron chi connectivity index (χ4n) is 1.87. The third-order valence-electron chi connectivity index (χ3n) is 2.87. The second-order valence-corrected chi connectivity index (χ2v) is 5.26. The third kappa shape index (κ3) is 3.09. The van der Waals surface area contributed by atoms with Crippen LogP contribution in [0.25, 0.3) is 0 Å². The van der Waals surface area contributed by atoms with E-state index in [1.165, 1.54) is 5.56 Å². The Kier molecular flexibility index (Phi) is 4.12. The van der Waals surface area contributed by atoms with E-state index in [0.29, 0.717) is 11.4 Å². The molecule has 2 aromatic carbocycles. The van der Waals surface area contributed by atoms with E-state index in [2.05, 4.69) is 0 Å². The SMILES string of the molecule is Cc1ccccc1SCc1cccc(N)c1C(=O)O. The van der Waals surface area contributed by atoms with Crippen molar-refractivity contribution in [2.24, 2.45) is 0 Å². The molecule has 0 aliphatic carbocycles. The van der Waals surface area contributed by atoms with Crippen LogP contribution >= 0.6 is 11.8 Å². The molecule has 0 fully saturated rings. The number of carbonyl (C=O) groups is 1. The highest BCUT2D eigenvalue weighted by molar-refractivity contribution is 7.98. The highest BCUT2D eigenvalue weighted by Gasteiger charge is 2.13. The summed E-state index contributed by atoms with van der Waals surface area (Å²) in [4.78, 5) is 12.4. The van der Waals surface area contributed by atoms with Crippen LogP contribution in [-0.2, 0) is 5.75 Å². The molecule has 0 spiro atoms. The molecule has 19 heavy (non-hydrogen) atoms. The number of aromatic carboxylic acids is 1. The summed E-state index contributed by atoms with van der Waals surface area (Å²) in [6, 6.07) is 13.3. The Morgan fingerprint density at radius 2 is 1.95 bits per heavy atom. The molecule has 3 N–H and O–H groups in total. The van der Waals surface area contributed by atoms with Crippen LogP contribution < -0.4 is 5.73 Å². The van der Waals surface area contributed by atoms with Gasteiger partial charge in [-0.05, 0) is 30.2 Å². The van der Waals surface area contributed by atoms with Crippen LogP contribution in [0.4, 0.5) is 5.69 Å². The zero-order valence-electron chi connectivity index (χ0n) is 10.6. The third-order valence-corrected chi connectivity index (χ3v) is 4.10. The summed E-state index contributed by atoms with van der Waals surface area (Å²) in [7, 11) is 0. The molecule has 4 heteroatoms. The van der Waals surface area contributed by atoms with Gasteiger partial charge in [-0.25, -0.2) is 4.79 Å². The molecule has 0 aromatic heterocycles. The molecule has 0 bridgehead atoms. The first-order valence-electron chi connectivity index (χ1n) is 5.88. The standard InChI is InChI=1S/C15H15NO2S/c1-10-5-2-3-8-13(10)19-9-11-6-4-7-12(16)14(11)15(17)18/h2-8H,9,16H2,1H3,(H,17,18). The molecule has 0 saturated carbocycles. The van der Waals surface area contributed by atoms with Crippen LogP contribution in [-0.4, -0.2) is 11.1 Å². The van der Waals surface area contributed by atoms with E-state index in [4.69, 9.17) is 5.73 Å². The Morgan fingerprint density at radius 1 is 1.21 bits per heavy atom. The van der Waals surface area contributed by atoms with Crippen molar-refractivity contribution in [3.63, 3.8) is 0 Å². The summed E-state index contributed by atoms with van der Waals surface area (Å²) < 4.78 is 0. The van der Waals surface area contributed by atoms with Crippen molar-refractivity contribution in [2.45, 2.75) is 17.6 Å². The normalized spacial score (nSPS) is 10.4. The summed E-state index contributed by atoms with van der Waals surface area (Å²) in [5.41, 5.74) is 8.20. The molecular weight excluding hydrogens is 258 g/mol. The van der Waals surface area contributed by atoms with Gasteiger partial charge in [0.1, 0.15) is 0 Å². The predicted octanol–water partition coefficient (Wildman–Crippen LogP) is 3.57. The second-order valence-electron chi connectivity index (χ2n) is 4.24. The summed E-state index contributed by atoms with van der Waals surface area (Å²) in [5, 5.41) is 9.21. The maximum atomic E-state index is 11.2. The highest BCUT2D eigenvalue weighted by Crippen LogP contribution is 2.28. The van der Waals surface area contributed by atoms with Gasteiger partial charge >= 0.3 is 5.97 Å². The molecular formula is C15H15NO2S. The minimum absolute atomic E-state index is 0.212. The van der Waals surface area contributed by atoms with Gasteiger partial charge in [-0.15, -0.1) is 11.8 Å². The van der Waals surface area contributed by atoms with Crippen LogP contribution in [0.2, 0.25) is 0 Å². The van der Waals surface area contributed by atoms with Gasteiger partial charge in [-0.2, -0.15) is 0 Å². The van der Waals surface area contributed by atoms with Crippen molar-refractivity contribution in [2.75, 3.05) is 5.73 Å². The van der Waals surface area contributed by atoms with Crippen LogP contribution in [0.3, 0.4) is 0 Å². The number of thioether (sulfide) groups is 1. The van der Waals surface area contributed by atoms with Crippen molar-refractivity contribution in [3.05, 3.63) is 59.2 Å². The Labute approximate surface area is 116 Å². The van der Waals surface area contributed by atoms with Crippen LogP contribution in [0.15, 0.2) is 47.4 Å². The fraction of sp³-hybridized carbons (Fsp3) is 0.133. The zero-order chi connectivity index (χ0) is 13.8. The molecule has 2 aromatic rings. The van der Waals surface area contributed by atoms with Gasteiger partial charge in [0.15, 0.2) is 0 Å². The lowest BCUT2D eigenvalue weighted by atomic mass is 10.1. The molecule has 0 amide bonds. The number of carboxylic acid groups (broad SMARTS) is 1. The fourth-order valence-corrected chi connectivity index (χ4v) is 2.90. The summed E-state index contributed by atoms with van der Waals surface area (Å²) in [5.74, 6) is -0.379. The lowest BCUT2D eigenvalue weighted by molar-refractivity contribution is 0.0697. The number of nitrogen functional groups attached to an aromatic ring is 1. The molecule has 0 aliphatic rings. The van der Waals surface area contributed by atoms with Gasteiger partial charge in [0.2, 0.25) is 0 Å². The van der Waals surface area contributed by atoms with Gasteiger partial charge in [0.25, 0.3) is 0 Å².